The van der Waals surface area contributed by atoms with E-state index in [1.54, 1.807) is 16.8 Å². The minimum absolute atomic E-state index is 0.738. The number of nitrogens with zero attached hydrogens (tertiary/aromatic N) is 2. The van der Waals surface area contributed by atoms with E-state index < -0.39 is 0 Å². The lowest BCUT2D eigenvalue weighted by molar-refractivity contribution is 0.193. The van der Waals surface area contributed by atoms with Crippen molar-refractivity contribution in [3.8, 4) is 0 Å². The Labute approximate surface area is 115 Å². The molecule has 3 heterocycles. The predicted molar refractivity (Wildman–Crippen MR) is 78.7 cm³/mol. The molecule has 4 rings (SSSR count). The van der Waals surface area contributed by atoms with E-state index in [1.165, 1.54) is 39.0 Å². The van der Waals surface area contributed by atoms with Crippen LogP contribution >= 0.6 is 0 Å². The van der Waals surface area contributed by atoms with Gasteiger partial charge in [-0.25, -0.2) is 0 Å². The fourth-order valence-electron chi connectivity index (χ4n) is 4.35. The first-order chi connectivity index (χ1) is 9.38. The molecule has 3 heteroatoms. The minimum Gasteiger partial charge on any atom is -0.367 e. The van der Waals surface area contributed by atoms with E-state index in [0.717, 1.165) is 24.9 Å². The van der Waals surface area contributed by atoms with Crippen molar-refractivity contribution in [1.82, 2.24) is 4.90 Å². The molecule has 1 saturated heterocycles. The average Bonchev–Trinajstić information content (AvgIpc) is 3.01. The number of para-hydroxylation sites is 1. The number of fused-ring (bicyclic) bond motifs is 3. The Morgan fingerprint density at radius 2 is 2.21 bits per heavy atom. The van der Waals surface area contributed by atoms with Gasteiger partial charge in [-0.05, 0) is 43.5 Å². The summed E-state index contributed by atoms with van der Waals surface area (Å²) in [5, 5.41) is 0. The van der Waals surface area contributed by atoms with Crippen molar-refractivity contribution in [2.75, 3.05) is 37.6 Å². The molecule has 0 saturated carbocycles. The molecule has 0 spiro atoms. The van der Waals surface area contributed by atoms with Crippen LogP contribution in [0.4, 0.5) is 5.69 Å². The Morgan fingerprint density at radius 1 is 1.26 bits per heavy atom. The SMILES string of the molecule is NCCCN1CC[C@H]2[C@@H](C1)c1cccc3c1N2CC3. The molecule has 1 aromatic carbocycles. The van der Waals surface area contributed by atoms with Crippen molar-refractivity contribution >= 4 is 5.69 Å². The molecular formula is C16H23N3. The molecule has 0 amide bonds. The second-order valence-corrected chi connectivity index (χ2v) is 6.20. The van der Waals surface area contributed by atoms with Crippen molar-refractivity contribution in [1.29, 1.82) is 0 Å². The number of hydrogen-bond acceptors (Lipinski definition) is 3. The molecule has 1 aromatic rings. The van der Waals surface area contributed by atoms with Crippen molar-refractivity contribution in [2.24, 2.45) is 5.73 Å². The van der Waals surface area contributed by atoms with Gasteiger partial charge in [0, 0.05) is 37.3 Å². The molecule has 2 atom stereocenters. The Balaban J connectivity index is 1.61. The van der Waals surface area contributed by atoms with Gasteiger partial charge < -0.3 is 15.5 Å². The zero-order valence-corrected chi connectivity index (χ0v) is 11.5. The van der Waals surface area contributed by atoms with E-state index in [1.807, 2.05) is 0 Å². The third kappa shape index (κ3) is 1.72. The minimum atomic E-state index is 0.738. The quantitative estimate of drug-likeness (QED) is 0.892. The number of anilines is 1. The van der Waals surface area contributed by atoms with Crippen LogP contribution in [0.25, 0.3) is 0 Å². The van der Waals surface area contributed by atoms with Crippen LogP contribution in [0.3, 0.4) is 0 Å². The maximum Gasteiger partial charge on any atom is 0.0438 e. The van der Waals surface area contributed by atoms with Gasteiger partial charge in [-0.2, -0.15) is 0 Å². The van der Waals surface area contributed by atoms with Gasteiger partial charge >= 0.3 is 0 Å². The molecule has 102 valence electrons. The summed E-state index contributed by atoms with van der Waals surface area (Å²) in [6.07, 6.45) is 3.71. The molecule has 3 aliphatic rings. The number of hydrogen-bond donors (Lipinski definition) is 1. The maximum absolute atomic E-state index is 5.65. The monoisotopic (exact) mass is 257 g/mol. The summed E-state index contributed by atoms with van der Waals surface area (Å²) in [5.41, 5.74) is 10.4. The fraction of sp³-hybridized carbons (Fsp3) is 0.625. The first kappa shape index (κ1) is 11.7. The highest BCUT2D eigenvalue weighted by Gasteiger charge is 2.44. The lowest BCUT2D eigenvalue weighted by atomic mass is 9.88. The highest BCUT2D eigenvalue weighted by atomic mass is 15.2. The molecule has 3 aliphatic heterocycles. The van der Waals surface area contributed by atoms with Crippen LogP contribution < -0.4 is 10.6 Å². The molecule has 0 radical (unpaired) electrons. The maximum atomic E-state index is 5.65. The average molecular weight is 257 g/mol. The summed E-state index contributed by atoms with van der Waals surface area (Å²) in [7, 11) is 0. The standard InChI is InChI=1S/C16H23N3/c17-7-2-8-18-9-6-15-14(11-18)13-4-1-3-12-5-10-19(15)16(12)13/h1,3-4,14-15H,2,5-11,17H2/t14-,15-/m0/s1. The van der Waals surface area contributed by atoms with Crippen LogP contribution in [0, 0.1) is 0 Å². The van der Waals surface area contributed by atoms with Crippen molar-refractivity contribution < 1.29 is 0 Å². The summed E-state index contributed by atoms with van der Waals surface area (Å²) in [6.45, 7) is 5.72. The van der Waals surface area contributed by atoms with Crippen molar-refractivity contribution in [3.05, 3.63) is 29.3 Å². The second-order valence-electron chi connectivity index (χ2n) is 6.20. The van der Waals surface area contributed by atoms with Crippen molar-refractivity contribution in [2.45, 2.75) is 31.2 Å². The Bertz CT molecular complexity index is 485. The summed E-state index contributed by atoms with van der Waals surface area (Å²) in [5.74, 6) is 0.738. The molecular weight excluding hydrogens is 234 g/mol. The summed E-state index contributed by atoms with van der Waals surface area (Å²) >= 11 is 0. The van der Waals surface area contributed by atoms with Crippen LogP contribution in [0.15, 0.2) is 18.2 Å². The van der Waals surface area contributed by atoms with Gasteiger partial charge in [0.15, 0.2) is 0 Å². The zero-order chi connectivity index (χ0) is 12.8. The molecule has 0 unspecified atom stereocenters. The molecule has 3 nitrogen and oxygen atoms in total. The zero-order valence-electron chi connectivity index (χ0n) is 11.5. The first-order valence-electron chi connectivity index (χ1n) is 7.69. The van der Waals surface area contributed by atoms with Gasteiger partial charge in [-0.3, -0.25) is 0 Å². The van der Waals surface area contributed by atoms with E-state index in [4.69, 9.17) is 5.73 Å². The van der Waals surface area contributed by atoms with Crippen LogP contribution in [0.2, 0.25) is 0 Å². The molecule has 0 aliphatic carbocycles. The van der Waals surface area contributed by atoms with Crippen LogP contribution in [-0.2, 0) is 6.42 Å². The van der Waals surface area contributed by atoms with E-state index in [-0.39, 0.29) is 0 Å². The third-order valence-corrected chi connectivity index (χ3v) is 5.20. The Hall–Kier alpha value is -1.06. The second kappa shape index (κ2) is 4.50. The summed E-state index contributed by atoms with van der Waals surface area (Å²) < 4.78 is 0. The molecule has 0 aromatic heterocycles. The van der Waals surface area contributed by atoms with Gasteiger partial charge in [-0.1, -0.05) is 18.2 Å². The first-order valence-corrected chi connectivity index (χ1v) is 7.69. The molecule has 0 bridgehead atoms. The van der Waals surface area contributed by atoms with Gasteiger partial charge in [0.05, 0.1) is 0 Å². The van der Waals surface area contributed by atoms with Crippen LogP contribution in [0.1, 0.15) is 29.9 Å². The largest absolute Gasteiger partial charge is 0.367 e. The van der Waals surface area contributed by atoms with E-state index in [0.29, 0.717) is 0 Å². The Morgan fingerprint density at radius 3 is 3.11 bits per heavy atom. The number of rotatable bonds is 3. The van der Waals surface area contributed by atoms with E-state index >= 15 is 0 Å². The van der Waals surface area contributed by atoms with Gasteiger partial charge in [0.1, 0.15) is 0 Å². The third-order valence-electron chi connectivity index (χ3n) is 5.20. The normalized spacial score (nSPS) is 28.6. The fourth-order valence-corrected chi connectivity index (χ4v) is 4.35. The predicted octanol–water partition coefficient (Wildman–Crippen LogP) is 1.57. The number of benzene rings is 1. The highest BCUT2D eigenvalue weighted by Crippen LogP contribution is 2.48. The van der Waals surface area contributed by atoms with Gasteiger partial charge in [0.25, 0.3) is 0 Å². The van der Waals surface area contributed by atoms with E-state index in [2.05, 4.69) is 28.0 Å². The summed E-state index contributed by atoms with van der Waals surface area (Å²) in [4.78, 5) is 5.32. The van der Waals surface area contributed by atoms with Crippen molar-refractivity contribution in [3.63, 3.8) is 0 Å². The van der Waals surface area contributed by atoms with Crippen LogP contribution in [0.5, 0.6) is 0 Å². The summed E-state index contributed by atoms with van der Waals surface area (Å²) in [6, 6.07) is 7.72. The number of piperidine rings is 1. The van der Waals surface area contributed by atoms with Gasteiger partial charge in [0.2, 0.25) is 0 Å². The lowest BCUT2D eigenvalue weighted by Gasteiger charge is -2.38. The van der Waals surface area contributed by atoms with Gasteiger partial charge in [-0.15, -0.1) is 0 Å². The number of nitrogens with two attached hydrogens (primary N) is 1. The molecule has 19 heavy (non-hydrogen) atoms. The number of likely N-dealkylation sites (tertiary alicyclic amines) is 1. The molecule has 2 N–H and O–H groups in total. The smallest absolute Gasteiger partial charge is 0.0438 e. The Kier molecular flexibility index (Phi) is 2.78. The lowest BCUT2D eigenvalue weighted by Crippen LogP contribution is -2.46. The van der Waals surface area contributed by atoms with Crippen LogP contribution in [-0.4, -0.2) is 43.7 Å². The highest BCUT2D eigenvalue weighted by molar-refractivity contribution is 5.70. The topological polar surface area (TPSA) is 32.5 Å². The van der Waals surface area contributed by atoms with E-state index in [9.17, 15) is 0 Å². The molecule has 1 fully saturated rings.